The molecule has 0 N–H and O–H groups in total. The van der Waals surface area contributed by atoms with Crippen molar-refractivity contribution in [3.63, 3.8) is 0 Å². The first-order chi connectivity index (χ1) is 10.6. The van der Waals surface area contributed by atoms with Crippen molar-refractivity contribution < 1.29 is 14.3 Å². The molecule has 0 radical (unpaired) electrons. The van der Waals surface area contributed by atoms with Gasteiger partial charge in [-0.2, -0.15) is 0 Å². The van der Waals surface area contributed by atoms with Crippen molar-refractivity contribution in [1.82, 2.24) is 4.90 Å². The van der Waals surface area contributed by atoms with Crippen LogP contribution in [0.2, 0.25) is 5.02 Å². The van der Waals surface area contributed by atoms with Gasteiger partial charge in [0.25, 0.3) is 5.91 Å². The number of likely N-dealkylation sites (tertiary alicyclic amines) is 1. The first kappa shape index (κ1) is 15.5. The third-order valence-corrected chi connectivity index (χ3v) is 4.76. The number of ketones is 1. The van der Waals surface area contributed by atoms with Crippen LogP contribution in [0.1, 0.15) is 36.0 Å². The molecule has 3 rings (SSSR count). The van der Waals surface area contributed by atoms with Crippen LogP contribution in [0.4, 0.5) is 0 Å². The van der Waals surface area contributed by atoms with E-state index in [1.807, 2.05) is 4.90 Å². The van der Waals surface area contributed by atoms with Gasteiger partial charge in [-0.25, -0.2) is 0 Å². The zero-order valence-corrected chi connectivity index (χ0v) is 13.2. The Kier molecular flexibility index (Phi) is 4.79. The number of carbonyl (C=O) groups is 2. The quantitative estimate of drug-likeness (QED) is 0.804. The topological polar surface area (TPSA) is 46.6 Å². The number of hydrogen-bond donors (Lipinski definition) is 0. The summed E-state index contributed by atoms with van der Waals surface area (Å²) >= 11 is 5.85. The van der Waals surface area contributed by atoms with Crippen molar-refractivity contribution in [3.05, 3.63) is 34.9 Å². The molecular weight excluding hydrogens is 302 g/mol. The summed E-state index contributed by atoms with van der Waals surface area (Å²) in [7, 11) is 0. The number of amides is 1. The maximum atomic E-state index is 12.5. The molecule has 0 aromatic heterocycles. The summed E-state index contributed by atoms with van der Waals surface area (Å²) in [5, 5.41) is 0.633. The first-order valence-electron chi connectivity index (χ1n) is 7.85. The number of hydrogen-bond acceptors (Lipinski definition) is 3. The summed E-state index contributed by atoms with van der Waals surface area (Å²) in [5.74, 6) is 0.241. The van der Waals surface area contributed by atoms with Crippen molar-refractivity contribution >= 4 is 23.3 Å². The molecule has 1 unspecified atom stereocenters. The van der Waals surface area contributed by atoms with Crippen LogP contribution in [-0.4, -0.2) is 42.4 Å². The Morgan fingerprint density at radius 3 is 2.36 bits per heavy atom. The lowest BCUT2D eigenvalue weighted by molar-refractivity contribution is -0.142. The van der Waals surface area contributed by atoms with E-state index in [0.717, 1.165) is 25.7 Å². The van der Waals surface area contributed by atoms with Gasteiger partial charge in [-0.15, -0.1) is 0 Å². The van der Waals surface area contributed by atoms with Crippen LogP contribution in [0.3, 0.4) is 0 Å². The smallest absolute Gasteiger partial charge is 0.251 e. The molecule has 1 atom stereocenters. The zero-order valence-electron chi connectivity index (χ0n) is 12.5. The molecule has 2 heterocycles. The van der Waals surface area contributed by atoms with Gasteiger partial charge in [-0.05, 0) is 49.9 Å². The van der Waals surface area contributed by atoms with Gasteiger partial charge in [0.05, 0.1) is 0 Å². The van der Waals surface area contributed by atoms with Crippen LogP contribution < -0.4 is 0 Å². The molecule has 1 aromatic rings. The average Bonchev–Trinajstić information content (AvgIpc) is 3.09. The normalized spacial score (nSPS) is 22.8. The van der Waals surface area contributed by atoms with Crippen molar-refractivity contribution in [2.24, 2.45) is 5.92 Å². The second kappa shape index (κ2) is 6.80. The molecule has 2 aliphatic heterocycles. The second-order valence-corrected chi connectivity index (χ2v) is 6.41. The summed E-state index contributed by atoms with van der Waals surface area (Å²) in [6.45, 7) is 1.97. The summed E-state index contributed by atoms with van der Waals surface area (Å²) in [5.41, 5.74) is 0.702. The molecule has 0 saturated carbocycles. The molecule has 1 amide bonds. The minimum absolute atomic E-state index is 0.00489. The highest BCUT2D eigenvalue weighted by Gasteiger charge is 2.32. The van der Waals surface area contributed by atoms with E-state index in [0.29, 0.717) is 30.3 Å². The molecule has 0 spiro atoms. The molecule has 2 aliphatic rings. The summed E-state index contributed by atoms with van der Waals surface area (Å²) < 4.78 is 5.45. The number of benzene rings is 1. The summed E-state index contributed by atoms with van der Waals surface area (Å²) in [6.07, 6.45) is 2.97. The molecule has 0 aliphatic carbocycles. The Balaban J connectivity index is 1.56. The minimum atomic E-state index is -0.261. The fourth-order valence-corrected chi connectivity index (χ4v) is 3.31. The number of carbonyl (C=O) groups excluding carboxylic acids is 2. The van der Waals surface area contributed by atoms with Crippen LogP contribution in [0, 0.1) is 5.92 Å². The van der Waals surface area contributed by atoms with Gasteiger partial charge >= 0.3 is 0 Å². The van der Waals surface area contributed by atoms with Gasteiger partial charge in [-0.3, -0.25) is 9.59 Å². The van der Waals surface area contributed by atoms with Crippen molar-refractivity contribution in [3.8, 4) is 0 Å². The van der Waals surface area contributed by atoms with E-state index >= 15 is 0 Å². The molecule has 118 valence electrons. The fourth-order valence-electron chi connectivity index (χ4n) is 3.19. The molecule has 4 nitrogen and oxygen atoms in total. The highest BCUT2D eigenvalue weighted by molar-refractivity contribution is 6.30. The monoisotopic (exact) mass is 321 g/mol. The highest BCUT2D eigenvalue weighted by atomic mass is 35.5. The van der Waals surface area contributed by atoms with Crippen molar-refractivity contribution in [1.29, 1.82) is 0 Å². The molecule has 2 fully saturated rings. The Bertz CT molecular complexity index is 544. The van der Waals surface area contributed by atoms with E-state index in [9.17, 15) is 9.59 Å². The van der Waals surface area contributed by atoms with E-state index in [1.165, 1.54) is 0 Å². The zero-order chi connectivity index (χ0) is 15.5. The fraction of sp³-hybridized carbons (Fsp3) is 0.529. The van der Waals surface area contributed by atoms with Gasteiger partial charge in [0.15, 0.2) is 5.78 Å². The van der Waals surface area contributed by atoms with E-state index in [4.69, 9.17) is 16.3 Å². The van der Waals surface area contributed by atoms with E-state index in [-0.39, 0.29) is 23.7 Å². The van der Waals surface area contributed by atoms with E-state index in [1.54, 1.807) is 24.3 Å². The summed E-state index contributed by atoms with van der Waals surface area (Å²) in [4.78, 5) is 26.6. The predicted molar refractivity (Wildman–Crippen MR) is 84.1 cm³/mol. The van der Waals surface area contributed by atoms with Crippen LogP contribution in [0.15, 0.2) is 24.3 Å². The number of piperidine rings is 1. The highest BCUT2D eigenvalue weighted by Crippen LogP contribution is 2.24. The maximum absolute atomic E-state index is 12.5. The SMILES string of the molecule is O=C(c1ccc(Cl)cc1)C1CCN(C(=O)C2CCCO2)CC1. The lowest BCUT2D eigenvalue weighted by atomic mass is 9.88. The minimum Gasteiger partial charge on any atom is -0.368 e. The number of ether oxygens (including phenoxy) is 1. The molecule has 5 heteroatoms. The molecule has 22 heavy (non-hydrogen) atoms. The van der Waals surface area contributed by atoms with E-state index in [2.05, 4.69) is 0 Å². The Hall–Kier alpha value is -1.39. The van der Waals surface area contributed by atoms with E-state index < -0.39 is 0 Å². The van der Waals surface area contributed by atoms with Gasteiger partial charge in [0.1, 0.15) is 6.10 Å². The van der Waals surface area contributed by atoms with Crippen molar-refractivity contribution in [2.45, 2.75) is 31.8 Å². The van der Waals surface area contributed by atoms with Crippen LogP contribution in [-0.2, 0) is 9.53 Å². The number of halogens is 1. The predicted octanol–water partition coefficient (Wildman–Crippen LogP) is 2.94. The largest absolute Gasteiger partial charge is 0.368 e. The Morgan fingerprint density at radius 2 is 1.77 bits per heavy atom. The molecule has 0 bridgehead atoms. The van der Waals surface area contributed by atoms with Crippen LogP contribution in [0.25, 0.3) is 0 Å². The first-order valence-corrected chi connectivity index (χ1v) is 8.23. The lowest BCUT2D eigenvalue weighted by Gasteiger charge is -2.32. The summed E-state index contributed by atoms with van der Waals surface area (Å²) in [6, 6.07) is 7.03. The number of Topliss-reactive ketones (excluding diaryl/α,β-unsaturated/α-hetero) is 1. The third kappa shape index (κ3) is 3.33. The Labute approximate surface area is 135 Å². The van der Waals surface area contributed by atoms with Gasteiger partial charge in [0.2, 0.25) is 0 Å². The molecular formula is C17H20ClNO3. The average molecular weight is 322 g/mol. The van der Waals surface area contributed by atoms with Crippen molar-refractivity contribution in [2.75, 3.05) is 19.7 Å². The third-order valence-electron chi connectivity index (χ3n) is 4.51. The van der Waals surface area contributed by atoms with Gasteiger partial charge < -0.3 is 9.64 Å². The number of rotatable bonds is 3. The molecule has 1 aromatic carbocycles. The van der Waals surface area contributed by atoms with Gasteiger partial charge in [0, 0.05) is 36.2 Å². The second-order valence-electron chi connectivity index (χ2n) is 5.97. The maximum Gasteiger partial charge on any atom is 0.251 e. The van der Waals surface area contributed by atoms with Crippen LogP contribution in [0.5, 0.6) is 0 Å². The standard InChI is InChI=1S/C17H20ClNO3/c18-14-5-3-12(4-6-14)16(20)13-7-9-19(10-8-13)17(21)15-2-1-11-22-15/h3-6,13,15H,1-2,7-11H2. The van der Waals surface area contributed by atoms with Crippen LogP contribution >= 0.6 is 11.6 Å². The molecule has 2 saturated heterocycles. The van der Waals surface area contributed by atoms with Gasteiger partial charge in [-0.1, -0.05) is 11.6 Å². The number of nitrogens with zero attached hydrogens (tertiary/aromatic N) is 1. The lowest BCUT2D eigenvalue weighted by Crippen LogP contribution is -2.44. The Morgan fingerprint density at radius 1 is 1.09 bits per heavy atom.